The van der Waals surface area contributed by atoms with E-state index in [1.54, 1.807) is 6.92 Å². The minimum absolute atomic E-state index is 0.393. The van der Waals surface area contributed by atoms with Gasteiger partial charge < -0.3 is 10.1 Å². The molecule has 0 saturated heterocycles. The Labute approximate surface area is 155 Å². The largest absolute Gasteiger partial charge is 0.493 e. The fourth-order valence-electron chi connectivity index (χ4n) is 2.32. The van der Waals surface area contributed by atoms with Gasteiger partial charge >= 0.3 is 0 Å². The minimum atomic E-state index is -3.42. The Morgan fingerprint density at radius 2 is 1.54 bits per heavy atom. The van der Waals surface area contributed by atoms with E-state index in [0.29, 0.717) is 13.0 Å². The Hall–Kier alpha value is -2.31. The fourth-order valence-corrected chi connectivity index (χ4v) is 3.01. The van der Waals surface area contributed by atoms with Gasteiger partial charge in [0.05, 0.1) is 19.0 Å². The summed E-state index contributed by atoms with van der Waals surface area (Å²) in [5.41, 5.74) is 3.29. The summed E-state index contributed by atoms with van der Waals surface area (Å²) in [4.78, 5) is 0. The zero-order chi connectivity index (χ0) is 19.0. The van der Waals surface area contributed by atoms with Crippen LogP contribution in [0.3, 0.4) is 0 Å². The van der Waals surface area contributed by atoms with Crippen LogP contribution in [0.1, 0.15) is 24.5 Å². The molecule has 1 atom stereocenters. The van der Waals surface area contributed by atoms with Crippen LogP contribution in [0, 0.1) is 0 Å². The molecule has 0 radical (unpaired) electrons. The molecular formula is C20H25NO4S. The maximum atomic E-state index is 11.0. The molecule has 6 heteroatoms. The van der Waals surface area contributed by atoms with Gasteiger partial charge in [0, 0.05) is 19.2 Å². The number of hydrogen-bond donors (Lipinski definition) is 1. The summed E-state index contributed by atoms with van der Waals surface area (Å²) < 4.78 is 32.6. The molecule has 5 nitrogen and oxygen atoms in total. The van der Waals surface area contributed by atoms with Gasteiger partial charge in [-0.05, 0) is 42.3 Å². The third-order valence-corrected chi connectivity index (χ3v) is 4.36. The van der Waals surface area contributed by atoms with Crippen LogP contribution in [-0.4, -0.2) is 34.4 Å². The number of nitrogens with one attached hydrogen (secondary N) is 1. The number of hydrogen-bond acceptors (Lipinski definition) is 5. The van der Waals surface area contributed by atoms with Crippen molar-refractivity contribution in [1.82, 2.24) is 0 Å². The standard InChI is InChI=1S/C20H25NO4S/c1-16(25-26(3,22)23)14-15-24-20-12-8-18(9-13-20)5-4-17-6-10-19(21-2)11-7-17/h4-13,16,21H,14-15H2,1-3H3/b5-4+. The van der Waals surface area contributed by atoms with Crippen LogP contribution < -0.4 is 10.1 Å². The molecular weight excluding hydrogens is 350 g/mol. The summed E-state index contributed by atoms with van der Waals surface area (Å²) in [5, 5.41) is 3.09. The van der Waals surface area contributed by atoms with E-state index in [1.807, 2.05) is 49.5 Å². The van der Waals surface area contributed by atoms with Crippen molar-refractivity contribution < 1.29 is 17.3 Å². The number of anilines is 1. The predicted octanol–water partition coefficient (Wildman–Crippen LogP) is 4.03. The topological polar surface area (TPSA) is 64.6 Å². The van der Waals surface area contributed by atoms with Crippen molar-refractivity contribution in [3.05, 3.63) is 59.7 Å². The Morgan fingerprint density at radius 3 is 2.04 bits per heavy atom. The van der Waals surface area contributed by atoms with E-state index < -0.39 is 16.2 Å². The number of benzene rings is 2. The Bertz CT molecular complexity index is 812. The average Bonchev–Trinajstić information content (AvgIpc) is 2.60. The first-order chi connectivity index (χ1) is 12.4. The van der Waals surface area contributed by atoms with E-state index in [0.717, 1.165) is 28.8 Å². The maximum Gasteiger partial charge on any atom is 0.264 e. The second-order valence-corrected chi connectivity index (χ2v) is 7.62. The molecule has 0 aliphatic rings. The molecule has 0 saturated carbocycles. The highest BCUT2D eigenvalue weighted by atomic mass is 32.2. The quantitative estimate of drug-likeness (QED) is 0.529. The molecule has 0 spiro atoms. The van der Waals surface area contributed by atoms with Crippen LogP contribution >= 0.6 is 0 Å². The van der Waals surface area contributed by atoms with Crippen molar-refractivity contribution in [3.63, 3.8) is 0 Å². The van der Waals surface area contributed by atoms with Crippen LogP contribution in [0.25, 0.3) is 12.2 Å². The fraction of sp³-hybridized carbons (Fsp3) is 0.300. The van der Waals surface area contributed by atoms with Crippen molar-refractivity contribution >= 4 is 28.0 Å². The molecule has 0 aromatic heterocycles. The highest BCUT2D eigenvalue weighted by Gasteiger charge is 2.10. The van der Waals surface area contributed by atoms with Crippen molar-refractivity contribution in [3.8, 4) is 5.75 Å². The van der Waals surface area contributed by atoms with Crippen molar-refractivity contribution in [2.24, 2.45) is 0 Å². The van der Waals surface area contributed by atoms with Gasteiger partial charge in [-0.25, -0.2) is 0 Å². The van der Waals surface area contributed by atoms with Crippen LogP contribution in [0.15, 0.2) is 48.5 Å². The molecule has 2 rings (SSSR count). The average molecular weight is 375 g/mol. The van der Waals surface area contributed by atoms with Crippen LogP contribution in [0.2, 0.25) is 0 Å². The zero-order valence-electron chi connectivity index (χ0n) is 15.3. The summed E-state index contributed by atoms with van der Waals surface area (Å²) in [6.07, 6.45) is 5.24. The first-order valence-corrected chi connectivity index (χ1v) is 10.2. The summed E-state index contributed by atoms with van der Waals surface area (Å²) in [5.74, 6) is 0.743. The van der Waals surface area contributed by atoms with E-state index in [4.69, 9.17) is 8.92 Å². The molecule has 0 amide bonds. The Balaban J connectivity index is 1.82. The SMILES string of the molecule is CNc1ccc(/C=C/c2ccc(OCCC(C)OS(C)(=O)=O)cc2)cc1. The molecule has 0 aliphatic heterocycles. The Morgan fingerprint density at radius 1 is 1.00 bits per heavy atom. The van der Waals surface area contributed by atoms with Crippen molar-refractivity contribution in [2.45, 2.75) is 19.4 Å². The van der Waals surface area contributed by atoms with E-state index in [2.05, 4.69) is 23.5 Å². The number of ether oxygens (including phenoxy) is 1. The van der Waals surface area contributed by atoms with E-state index in [9.17, 15) is 8.42 Å². The first-order valence-electron chi connectivity index (χ1n) is 8.43. The molecule has 0 bridgehead atoms. The van der Waals surface area contributed by atoms with Gasteiger partial charge in [0.2, 0.25) is 0 Å². The normalized spacial score (nSPS) is 12.9. The Kier molecular flexibility index (Phi) is 7.24. The molecule has 2 aromatic rings. The molecule has 1 unspecified atom stereocenters. The molecule has 140 valence electrons. The molecule has 1 N–H and O–H groups in total. The monoisotopic (exact) mass is 375 g/mol. The first kappa shape index (κ1) is 20.0. The van der Waals surface area contributed by atoms with Crippen LogP contribution in [0.4, 0.5) is 5.69 Å². The minimum Gasteiger partial charge on any atom is -0.493 e. The van der Waals surface area contributed by atoms with E-state index >= 15 is 0 Å². The molecule has 0 fully saturated rings. The second kappa shape index (κ2) is 9.40. The molecule has 2 aromatic carbocycles. The lowest BCUT2D eigenvalue weighted by atomic mass is 10.1. The zero-order valence-corrected chi connectivity index (χ0v) is 16.1. The van der Waals surface area contributed by atoms with Gasteiger partial charge in [-0.3, -0.25) is 4.18 Å². The lowest BCUT2D eigenvalue weighted by Crippen LogP contribution is -2.16. The third kappa shape index (κ3) is 7.29. The van der Waals surface area contributed by atoms with Gasteiger partial charge in [-0.1, -0.05) is 36.4 Å². The van der Waals surface area contributed by atoms with Crippen LogP contribution in [-0.2, 0) is 14.3 Å². The van der Waals surface area contributed by atoms with Crippen LogP contribution in [0.5, 0.6) is 5.75 Å². The summed E-state index contributed by atoms with van der Waals surface area (Å²) in [7, 11) is -1.53. The van der Waals surface area contributed by atoms with Gasteiger partial charge in [0.1, 0.15) is 5.75 Å². The van der Waals surface area contributed by atoms with E-state index in [1.165, 1.54) is 0 Å². The van der Waals surface area contributed by atoms with Gasteiger partial charge in [-0.2, -0.15) is 8.42 Å². The molecule has 0 aliphatic carbocycles. The van der Waals surface area contributed by atoms with Gasteiger partial charge in [0.15, 0.2) is 0 Å². The molecule has 0 heterocycles. The molecule has 26 heavy (non-hydrogen) atoms. The predicted molar refractivity (Wildman–Crippen MR) is 107 cm³/mol. The van der Waals surface area contributed by atoms with Crippen molar-refractivity contribution in [2.75, 3.05) is 25.2 Å². The van der Waals surface area contributed by atoms with Crippen molar-refractivity contribution in [1.29, 1.82) is 0 Å². The lowest BCUT2D eigenvalue weighted by molar-refractivity contribution is 0.184. The highest BCUT2D eigenvalue weighted by Crippen LogP contribution is 2.16. The smallest absolute Gasteiger partial charge is 0.264 e. The number of rotatable bonds is 9. The second-order valence-electron chi connectivity index (χ2n) is 6.02. The summed E-state index contributed by atoms with van der Waals surface area (Å²) in [6, 6.07) is 15.9. The lowest BCUT2D eigenvalue weighted by Gasteiger charge is -2.12. The van der Waals surface area contributed by atoms with Gasteiger partial charge in [0.25, 0.3) is 10.1 Å². The summed E-state index contributed by atoms with van der Waals surface area (Å²) in [6.45, 7) is 2.10. The third-order valence-electron chi connectivity index (χ3n) is 3.68. The summed E-state index contributed by atoms with van der Waals surface area (Å²) >= 11 is 0. The van der Waals surface area contributed by atoms with E-state index in [-0.39, 0.29) is 0 Å². The van der Waals surface area contributed by atoms with Gasteiger partial charge in [-0.15, -0.1) is 0 Å². The highest BCUT2D eigenvalue weighted by molar-refractivity contribution is 7.86. The maximum absolute atomic E-state index is 11.0.